The number of nitrogens with zero attached hydrogens (tertiary/aromatic N) is 1. The van der Waals surface area contributed by atoms with Crippen LogP contribution in [0.5, 0.6) is 0 Å². The van der Waals surface area contributed by atoms with Gasteiger partial charge in [0.2, 0.25) is 5.91 Å². The molecule has 9 fully saturated rings. The van der Waals surface area contributed by atoms with Crippen molar-refractivity contribution in [3.8, 4) is 0 Å². The van der Waals surface area contributed by atoms with Gasteiger partial charge < -0.3 is 71.6 Å². The molecular formula is C60H104N5O11S-. The summed E-state index contributed by atoms with van der Waals surface area (Å²) in [5.41, 5.74) is -1.02. The predicted octanol–water partition coefficient (Wildman–Crippen LogP) is 6.73. The minimum atomic E-state index is -1.05. The van der Waals surface area contributed by atoms with Gasteiger partial charge in [0.1, 0.15) is 6.10 Å². The lowest BCUT2D eigenvalue weighted by molar-refractivity contribution is -0.245. The number of carbonyl (C=O) groups is 2. The highest BCUT2D eigenvalue weighted by atomic mass is 32.2. The summed E-state index contributed by atoms with van der Waals surface area (Å²) in [7, 11) is 0. The number of morpholine rings is 1. The van der Waals surface area contributed by atoms with Crippen LogP contribution in [0, 0.1) is 64.1 Å². The number of carbonyl (C=O) groups excluding carboxylic acids is 2. The number of fused-ring (bicyclic) bond motifs is 5. The zero-order chi connectivity index (χ0) is 54.6. The average molecular weight is 1100 g/mol. The molecule has 18 unspecified atom stereocenters. The van der Waals surface area contributed by atoms with Gasteiger partial charge in [0.25, 0.3) is 0 Å². The Hall–Kier alpha value is -1.35. The van der Waals surface area contributed by atoms with Crippen LogP contribution in [0.3, 0.4) is 0 Å². The molecule has 4 heterocycles. The van der Waals surface area contributed by atoms with Gasteiger partial charge in [0.15, 0.2) is 6.29 Å². The molecular weight excluding hydrogens is 999 g/mol. The van der Waals surface area contributed by atoms with Crippen molar-refractivity contribution in [2.45, 2.75) is 205 Å². The Labute approximate surface area is 467 Å². The number of unbranched alkanes of at least 4 members (excludes halogenated alkanes) is 1. The Kier molecular flexibility index (Phi) is 20.4. The summed E-state index contributed by atoms with van der Waals surface area (Å²) in [6, 6.07) is 0.429. The first-order chi connectivity index (χ1) is 36.9. The fraction of sp³-hybridized carbons (Fsp3) is 0.950. The van der Waals surface area contributed by atoms with E-state index in [0.717, 1.165) is 103 Å². The first-order valence-electron chi connectivity index (χ1n) is 30.9. The second-order valence-corrected chi connectivity index (χ2v) is 28.0. The Morgan fingerprint density at radius 2 is 1.62 bits per heavy atom. The number of aliphatic hydroxyl groups excluding tert-OH is 1. The number of nitrogens with one attached hydrogen (secondary N) is 4. The maximum Gasteiger partial charge on any atom is 0.315 e. The van der Waals surface area contributed by atoms with E-state index in [-0.39, 0.29) is 70.8 Å². The lowest BCUT2D eigenvalue weighted by Crippen LogP contribution is -2.57. The summed E-state index contributed by atoms with van der Waals surface area (Å²) < 4.78 is 43.7. The minimum Gasteiger partial charge on any atom is -0.393 e. The molecule has 17 heteroatoms. The van der Waals surface area contributed by atoms with Gasteiger partial charge in [0, 0.05) is 56.9 Å². The maximum atomic E-state index is 12.8. The number of amides is 3. The van der Waals surface area contributed by atoms with Crippen molar-refractivity contribution in [2.75, 3.05) is 97.9 Å². The molecule has 0 aromatic rings. The van der Waals surface area contributed by atoms with E-state index in [1.54, 1.807) is 0 Å². The quantitative estimate of drug-likeness (QED) is 0.0263. The number of thioether (sulfide) groups is 1. The summed E-state index contributed by atoms with van der Waals surface area (Å²) in [6.07, 6.45) is 13.6. The molecule has 0 bridgehead atoms. The van der Waals surface area contributed by atoms with E-state index in [4.69, 9.17) is 40.1 Å². The van der Waals surface area contributed by atoms with Crippen LogP contribution in [-0.2, 0) is 38.0 Å². The van der Waals surface area contributed by atoms with Gasteiger partial charge in [-0.3, -0.25) is 9.69 Å². The van der Waals surface area contributed by atoms with Crippen molar-refractivity contribution < 1.29 is 53.0 Å². The standard InChI is InChI=1S/C60H104N5O11S/c1-9-73-54(57(6,7)69)42-35-40(3)49-50-39(2)19-21-60-38-59(60)22-20-46(56(4,5)44(59)17-18-45(60)58(50,8)53(67)52(49)75-42)76-48-36-65(27-30-74-48)26-12-23-61-24-13-28-70-31-33-72-34-32-71-29-14-25-62-47(66)16-11-10-15-43-51-41(37-77-43)63-55(68)64-51/h39-46,48-54,61,67,69H,8-38H2,1-7H3,(H,62,66)(H2,63,64,68)/q-1. The van der Waals surface area contributed by atoms with E-state index < -0.39 is 23.2 Å². The number of aliphatic hydroxyl groups is 2. The molecule has 0 aromatic carbocycles. The third-order valence-electron chi connectivity index (χ3n) is 21.2. The fourth-order valence-electron chi connectivity index (χ4n) is 17.8. The molecule has 77 heavy (non-hydrogen) atoms. The molecule has 2 spiro atoms. The van der Waals surface area contributed by atoms with Gasteiger partial charge in [0.05, 0.1) is 75.1 Å². The third-order valence-corrected chi connectivity index (χ3v) is 22.7. The topological polar surface area (TPSA) is 191 Å². The van der Waals surface area contributed by atoms with Crippen LogP contribution in [0.4, 0.5) is 4.79 Å². The van der Waals surface area contributed by atoms with Crippen molar-refractivity contribution in [2.24, 2.45) is 57.2 Å². The molecule has 9 rings (SSSR count). The smallest absolute Gasteiger partial charge is 0.315 e. The lowest BCUT2D eigenvalue weighted by Gasteiger charge is -2.60. The van der Waals surface area contributed by atoms with E-state index >= 15 is 0 Å². The van der Waals surface area contributed by atoms with Crippen molar-refractivity contribution in [3.05, 3.63) is 6.92 Å². The molecule has 442 valence electrons. The van der Waals surface area contributed by atoms with E-state index in [2.05, 4.69) is 53.9 Å². The van der Waals surface area contributed by atoms with E-state index in [0.29, 0.717) is 101 Å². The number of rotatable bonds is 29. The molecule has 5 aliphatic carbocycles. The van der Waals surface area contributed by atoms with Gasteiger partial charge in [-0.1, -0.05) is 52.4 Å². The molecule has 4 aliphatic heterocycles. The second-order valence-electron chi connectivity index (χ2n) is 26.7. The first kappa shape index (κ1) is 60.2. The van der Waals surface area contributed by atoms with Crippen molar-refractivity contribution in [1.29, 1.82) is 0 Å². The van der Waals surface area contributed by atoms with Crippen molar-refractivity contribution >= 4 is 23.7 Å². The Balaban J connectivity index is 0.608. The summed E-state index contributed by atoms with van der Waals surface area (Å²) in [5, 5.41) is 37.0. The monoisotopic (exact) mass is 1100 g/mol. The molecule has 4 saturated heterocycles. The SMILES string of the molecule is [CH2-]C12C(O)C3OC(C(OCC)C(C)(C)O)CC(C)C3C1C(C)CCC13CC14CCC(OC1CN(CCCNCCCOCCOCCOCCCNC(=O)CCCCC5SCC6NC(=O)NC65)CCO1)C(C)(C)C4CCC23. The van der Waals surface area contributed by atoms with Crippen molar-refractivity contribution in [3.63, 3.8) is 0 Å². The van der Waals surface area contributed by atoms with Gasteiger partial charge in [-0.15, -0.1) is 5.41 Å². The second kappa shape index (κ2) is 26.1. The highest BCUT2D eigenvalue weighted by molar-refractivity contribution is 8.00. The van der Waals surface area contributed by atoms with Gasteiger partial charge in [-0.2, -0.15) is 11.8 Å². The number of ether oxygens (including phenoxy) is 7. The van der Waals surface area contributed by atoms with Crippen LogP contribution in [0.2, 0.25) is 0 Å². The van der Waals surface area contributed by atoms with E-state index in [1.165, 1.54) is 25.7 Å². The van der Waals surface area contributed by atoms with Crippen LogP contribution < -0.4 is 21.3 Å². The van der Waals surface area contributed by atoms with Crippen LogP contribution >= 0.6 is 11.8 Å². The predicted molar refractivity (Wildman–Crippen MR) is 299 cm³/mol. The molecule has 3 amide bonds. The summed E-state index contributed by atoms with van der Waals surface area (Å²) in [5.74, 6) is 3.37. The van der Waals surface area contributed by atoms with E-state index in [9.17, 15) is 19.8 Å². The van der Waals surface area contributed by atoms with Crippen LogP contribution in [0.1, 0.15) is 145 Å². The third kappa shape index (κ3) is 12.9. The lowest BCUT2D eigenvalue weighted by atomic mass is 9.48. The first-order valence-corrected chi connectivity index (χ1v) is 31.9. The maximum absolute atomic E-state index is 12.8. The largest absolute Gasteiger partial charge is 0.393 e. The molecule has 9 aliphatic rings. The van der Waals surface area contributed by atoms with Crippen LogP contribution in [0.25, 0.3) is 0 Å². The zero-order valence-electron chi connectivity index (χ0n) is 48.5. The number of urea groups is 1. The van der Waals surface area contributed by atoms with Crippen LogP contribution in [-0.4, -0.2) is 185 Å². The highest BCUT2D eigenvalue weighted by Gasteiger charge is 2.81. The summed E-state index contributed by atoms with van der Waals surface area (Å²) >= 11 is 1.92. The summed E-state index contributed by atoms with van der Waals surface area (Å²) in [4.78, 5) is 26.3. The Bertz CT molecular complexity index is 1920. The average Bonchev–Trinajstić information content (AvgIpc) is 3.75. The normalized spacial score (nSPS) is 40.5. The van der Waals surface area contributed by atoms with E-state index in [1.807, 2.05) is 32.5 Å². The molecule has 16 nitrogen and oxygen atoms in total. The fourth-order valence-corrected chi connectivity index (χ4v) is 19.4. The molecule has 0 aromatic heterocycles. The summed E-state index contributed by atoms with van der Waals surface area (Å²) in [6.45, 7) is 30.6. The molecule has 0 radical (unpaired) electrons. The Morgan fingerprint density at radius 3 is 2.38 bits per heavy atom. The highest BCUT2D eigenvalue weighted by Crippen LogP contribution is 2.87. The molecule has 5 saturated carbocycles. The number of hydrogen-bond acceptors (Lipinski definition) is 14. The van der Waals surface area contributed by atoms with Gasteiger partial charge >= 0.3 is 6.03 Å². The van der Waals surface area contributed by atoms with Gasteiger partial charge in [-0.05, 0) is 157 Å². The Morgan fingerprint density at radius 1 is 0.922 bits per heavy atom. The van der Waals surface area contributed by atoms with Crippen LogP contribution in [0.15, 0.2) is 0 Å². The molecule has 18 atom stereocenters. The number of hydrogen-bond donors (Lipinski definition) is 6. The van der Waals surface area contributed by atoms with Gasteiger partial charge in [-0.25, -0.2) is 4.79 Å². The molecule has 6 N–H and O–H groups in total. The zero-order valence-corrected chi connectivity index (χ0v) is 49.3. The minimum absolute atomic E-state index is 0.0136. The van der Waals surface area contributed by atoms with Crippen molar-refractivity contribution in [1.82, 2.24) is 26.2 Å².